The number of amides is 2. The molecular formula is C26H30BrN3O2. The van der Waals surface area contributed by atoms with E-state index in [9.17, 15) is 9.59 Å². The number of nitrogens with one attached hydrogen (secondary N) is 1. The van der Waals surface area contributed by atoms with Crippen molar-refractivity contribution in [2.24, 2.45) is 11.8 Å². The quantitative estimate of drug-likeness (QED) is 0.642. The van der Waals surface area contributed by atoms with Crippen LogP contribution in [0.2, 0.25) is 0 Å². The van der Waals surface area contributed by atoms with Crippen LogP contribution in [0, 0.1) is 18.8 Å². The van der Waals surface area contributed by atoms with Gasteiger partial charge in [-0.25, -0.2) is 0 Å². The number of pyridine rings is 1. The van der Waals surface area contributed by atoms with Crippen LogP contribution in [0.3, 0.4) is 0 Å². The summed E-state index contributed by atoms with van der Waals surface area (Å²) in [5, 5.41) is 3.33. The van der Waals surface area contributed by atoms with Gasteiger partial charge >= 0.3 is 0 Å². The van der Waals surface area contributed by atoms with Crippen molar-refractivity contribution in [2.75, 3.05) is 13.1 Å². The second kappa shape index (κ2) is 8.97. The number of aryl methyl sites for hydroxylation is 1. The van der Waals surface area contributed by atoms with Gasteiger partial charge in [-0.05, 0) is 81.2 Å². The highest BCUT2D eigenvalue weighted by Crippen LogP contribution is 2.44. The van der Waals surface area contributed by atoms with Crippen LogP contribution < -0.4 is 5.32 Å². The van der Waals surface area contributed by atoms with E-state index < -0.39 is 0 Å². The predicted octanol–water partition coefficient (Wildman–Crippen LogP) is 5.09. The van der Waals surface area contributed by atoms with Gasteiger partial charge in [0.05, 0.1) is 11.3 Å². The fraction of sp³-hybridized carbons (Fsp3) is 0.500. The summed E-state index contributed by atoms with van der Waals surface area (Å²) in [5.74, 6) is 1.74. The molecule has 5 rings (SSSR count). The van der Waals surface area contributed by atoms with E-state index in [1.54, 1.807) is 0 Å². The van der Waals surface area contributed by atoms with Gasteiger partial charge in [-0.3, -0.25) is 14.6 Å². The second-order valence-electron chi connectivity index (χ2n) is 9.72. The van der Waals surface area contributed by atoms with Gasteiger partial charge in [0.25, 0.3) is 11.8 Å². The number of hydrogen-bond acceptors (Lipinski definition) is 3. The number of nitrogens with zero attached hydrogens (tertiary/aromatic N) is 2. The van der Waals surface area contributed by atoms with Crippen molar-refractivity contribution in [3.8, 4) is 0 Å². The first kappa shape index (κ1) is 21.6. The highest BCUT2D eigenvalue weighted by Gasteiger charge is 2.40. The van der Waals surface area contributed by atoms with E-state index in [1.165, 1.54) is 19.3 Å². The molecule has 0 unspecified atom stereocenters. The third kappa shape index (κ3) is 4.34. The molecule has 2 bridgehead atoms. The average Bonchev–Trinajstić information content (AvgIpc) is 3.42. The van der Waals surface area contributed by atoms with Gasteiger partial charge in [0.15, 0.2) is 0 Å². The van der Waals surface area contributed by atoms with Gasteiger partial charge < -0.3 is 10.2 Å². The van der Waals surface area contributed by atoms with Crippen molar-refractivity contribution in [1.29, 1.82) is 0 Å². The Balaban J connectivity index is 1.27. The summed E-state index contributed by atoms with van der Waals surface area (Å²) >= 11 is 3.45. The van der Waals surface area contributed by atoms with Gasteiger partial charge in [0.1, 0.15) is 0 Å². The largest absolute Gasteiger partial charge is 0.349 e. The summed E-state index contributed by atoms with van der Waals surface area (Å²) in [7, 11) is 0. The maximum atomic E-state index is 13.2. The van der Waals surface area contributed by atoms with Crippen LogP contribution >= 0.6 is 15.9 Å². The SMILES string of the molecule is Cc1ccc(C(=O)N[C@H]2C[C@H]3CC[C@H]2C3)c(C2CCN(C(=O)c3cccc(Br)c3)CC2)n1. The first-order valence-electron chi connectivity index (χ1n) is 11.8. The number of halogens is 1. The van der Waals surface area contributed by atoms with Crippen LogP contribution in [-0.4, -0.2) is 40.8 Å². The molecule has 1 aliphatic heterocycles. The molecule has 3 fully saturated rings. The van der Waals surface area contributed by atoms with Crippen LogP contribution in [0.25, 0.3) is 0 Å². The van der Waals surface area contributed by atoms with Crippen molar-refractivity contribution in [2.45, 2.75) is 57.4 Å². The zero-order valence-electron chi connectivity index (χ0n) is 18.5. The Labute approximate surface area is 198 Å². The summed E-state index contributed by atoms with van der Waals surface area (Å²) in [5.41, 5.74) is 3.26. The lowest BCUT2D eigenvalue weighted by Crippen LogP contribution is -2.40. The van der Waals surface area contributed by atoms with Crippen molar-refractivity contribution >= 4 is 27.7 Å². The van der Waals surface area contributed by atoms with Crippen molar-refractivity contribution in [1.82, 2.24) is 15.2 Å². The van der Waals surface area contributed by atoms with E-state index in [-0.39, 0.29) is 17.7 Å². The maximum Gasteiger partial charge on any atom is 0.253 e. The molecule has 1 aromatic heterocycles. The minimum absolute atomic E-state index is 0.0256. The molecule has 2 aliphatic carbocycles. The number of rotatable bonds is 4. The third-order valence-corrected chi connectivity index (χ3v) is 8.10. The Bertz CT molecular complexity index is 1030. The molecule has 1 N–H and O–H groups in total. The van der Waals surface area contributed by atoms with E-state index >= 15 is 0 Å². The topological polar surface area (TPSA) is 62.3 Å². The van der Waals surface area contributed by atoms with Gasteiger partial charge in [0, 0.05) is 40.8 Å². The van der Waals surface area contributed by atoms with Crippen LogP contribution in [0.15, 0.2) is 40.9 Å². The predicted molar refractivity (Wildman–Crippen MR) is 128 cm³/mol. The highest BCUT2D eigenvalue weighted by atomic mass is 79.9. The monoisotopic (exact) mass is 495 g/mol. The van der Waals surface area contributed by atoms with E-state index in [4.69, 9.17) is 4.98 Å². The molecule has 2 aromatic rings. The molecule has 1 saturated heterocycles. The molecule has 1 aromatic carbocycles. The molecule has 0 spiro atoms. The summed E-state index contributed by atoms with van der Waals surface area (Å²) in [6, 6.07) is 11.7. The zero-order valence-corrected chi connectivity index (χ0v) is 20.1. The van der Waals surface area contributed by atoms with Gasteiger partial charge in [-0.15, -0.1) is 0 Å². The number of piperidine rings is 1. The van der Waals surface area contributed by atoms with Gasteiger partial charge in [0.2, 0.25) is 0 Å². The van der Waals surface area contributed by atoms with Gasteiger partial charge in [-0.2, -0.15) is 0 Å². The molecular weight excluding hydrogens is 466 g/mol. The fourth-order valence-electron chi connectivity index (χ4n) is 5.91. The summed E-state index contributed by atoms with van der Waals surface area (Å²) in [6.45, 7) is 3.34. The molecule has 32 heavy (non-hydrogen) atoms. The number of likely N-dealkylation sites (tertiary alicyclic amines) is 1. The number of carbonyl (C=O) groups excluding carboxylic acids is 2. The minimum atomic E-state index is 0.0256. The first-order valence-corrected chi connectivity index (χ1v) is 12.6. The van der Waals surface area contributed by atoms with E-state index in [1.807, 2.05) is 48.2 Å². The Morgan fingerprint density at radius 2 is 1.88 bits per heavy atom. The van der Waals surface area contributed by atoms with Crippen LogP contribution in [0.5, 0.6) is 0 Å². The molecule has 3 aliphatic rings. The first-order chi connectivity index (χ1) is 15.5. The lowest BCUT2D eigenvalue weighted by molar-refractivity contribution is 0.0710. The smallest absolute Gasteiger partial charge is 0.253 e. The third-order valence-electron chi connectivity index (χ3n) is 7.60. The molecule has 0 radical (unpaired) electrons. The van der Waals surface area contributed by atoms with Crippen molar-refractivity contribution < 1.29 is 9.59 Å². The molecule has 6 heteroatoms. The van der Waals surface area contributed by atoms with E-state index in [0.717, 1.165) is 46.6 Å². The Hall–Kier alpha value is -2.21. The number of hydrogen-bond donors (Lipinski definition) is 1. The number of aromatic nitrogens is 1. The standard InChI is InChI=1S/C26H30BrN3O2/c1-16-5-8-22(25(31)29-23-14-17-6-7-19(23)13-17)24(28-16)18-9-11-30(12-10-18)26(32)20-3-2-4-21(27)15-20/h2-5,8,15,17-19,23H,6-7,9-14H2,1H3,(H,29,31)/t17-,19-,23-/m0/s1. The zero-order chi connectivity index (χ0) is 22.2. The highest BCUT2D eigenvalue weighted by molar-refractivity contribution is 9.10. The minimum Gasteiger partial charge on any atom is -0.349 e. The van der Waals surface area contributed by atoms with Crippen LogP contribution in [-0.2, 0) is 0 Å². The van der Waals surface area contributed by atoms with Crippen LogP contribution in [0.1, 0.15) is 76.5 Å². The average molecular weight is 496 g/mol. The lowest BCUT2D eigenvalue weighted by atomic mass is 9.89. The van der Waals surface area contributed by atoms with E-state index in [0.29, 0.717) is 30.6 Å². The number of benzene rings is 1. The molecule has 2 saturated carbocycles. The second-order valence-corrected chi connectivity index (χ2v) is 10.6. The Kier molecular flexibility index (Phi) is 6.06. The summed E-state index contributed by atoms with van der Waals surface area (Å²) in [4.78, 5) is 32.9. The normalized spacial score (nSPS) is 25.2. The molecule has 2 amide bonds. The van der Waals surface area contributed by atoms with Crippen molar-refractivity contribution in [3.05, 3.63) is 63.4 Å². The summed E-state index contributed by atoms with van der Waals surface area (Å²) in [6.07, 6.45) is 6.62. The summed E-state index contributed by atoms with van der Waals surface area (Å²) < 4.78 is 0.910. The molecule has 168 valence electrons. The van der Waals surface area contributed by atoms with Crippen molar-refractivity contribution in [3.63, 3.8) is 0 Å². The molecule has 3 atom stereocenters. The van der Waals surface area contributed by atoms with E-state index in [2.05, 4.69) is 21.2 Å². The number of carbonyl (C=O) groups is 2. The van der Waals surface area contributed by atoms with Gasteiger partial charge in [-0.1, -0.05) is 28.4 Å². The number of fused-ring (bicyclic) bond motifs is 2. The molecule has 2 heterocycles. The molecule has 5 nitrogen and oxygen atoms in total. The lowest BCUT2D eigenvalue weighted by Gasteiger charge is -2.33. The maximum absolute atomic E-state index is 13.2. The van der Waals surface area contributed by atoms with Crippen LogP contribution in [0.4, 0.5) is 0 Å². The Morgan fingerprint density at radius 3 is 2.56 bits per heavy atom. The Morgan fingerprint density at radius 1 is 1.06 bits per heavy atom. The fourth-order valence-corrected chi connectivity index (χ4v) is 6.31.